The molecule has 0 bridgehead atoms. The second-order valence-electron chi connectivity index (χ2n) is 10.0. The van der Waals surface area contributed by atoms with Crippen molar-refractivity contribution in [1.29, 1.82) is 0 Å². The van der Waals surface area contributed by atoms with Crippen LogP contribution in [0, 0.1) is 6.92 Å². The molecule has 2 aromatic heterocycles. The first kappa shape index (κ1) is 35.5. The highest BCUT2D eigenvalue weighted by atomic mass is 16.1. The predicted molar refractivity (Wildman–Crippen MR) is 177 cm³/mol. The van der Waals surface area contributed by atoms with E-state index in [-0.39, 0.29) is 5.56 Å². The smallest absolute Gasteiger partial charge is 0.253 e. The van der Waals surface area contributed by atoms with Crippen LogP contribution in [0.5, 0.6) is 0 Å². The Balaban J connectivity index is 0.00000129. The summed E-state index contributed by atoms with van der Waals surface area (Å²) in [7, 11) is 1.78. The zero-order valence-electron chi connectivity index (χ0n) is 27.3. The van der Waals surface area contributed by atoms with E-state index in [4.69, 9.17) is 10.7 Å². The van der Waals surface area contributed by atoms with Crippen molar-refractivity contribution >= 4 is 17.4 Å². The Labute approximate surface area is 249 Å². The zero-order valence-corrected chi connectivity index (χ0v) is 27.3. The number of nitrogens with zero attached hydrogens (tertiary/aromatic N) is 5. The molecule has 2 aromatic rings. The van der Waals surface area contributed by atoms with Gasteiger partial charge in [0.05, 0.1) is 0 Å². The molecule has 226 valence electrons. The number of allylic oxidation sites excluding steroid dienone is 4. The maximum atomic E-state index is 12.4. The van der Waals surface area contributed by atoms with Crippen molar-refractivity contribution in [3.63, 3.8) is 0 Å². The molecule has 7 heteroatoms. The minimum absolute atomic E-state index is 0.0441. The molecule has 0 saturated carbocycles. The van der Waals surface area contributed by atoms with Gasteiger partial charge in [0.2, 0.25) is 0 Å². The first-order valence-corrected chi connectivity index (χ1v) is 15.3. The van der Waals surface area contributed by atoms with Crippen molar-refractivity contribution < 1.29 is 0 Å². The van der Waals surface area contributed by atoms with Crippen LogP contribution in [0.15, 0.2) is 51.7 Å². The van der Waals surface area contributed by atoms with Crippen molar-refractivity contribution in [1.82, 2.24) is 19.4 Å². The Morgan fingerprint density at radius 2 is 1.78 bits per heavy atom. The summed E-state index contributed by atoms with van der Waals surface area (Å²) in [6.45, 7) is 21.1. The fourth-order valence-electron chi connectivity index (χ4n) is 4.36. The van der Waals surface area contributed by atoms with Gasteiger partial charge in [0.15, 0.2) is 0 Å². The molecule has 0 atom stereocenters. The summed E-state index contributed by atoms with van der Waals surface area (Å²) in [5.74, 6) is 0.708. The molecule has 0 amide bonds. The van der Waals surface area contributed by atoms with Crippen molar-refractivity contribution in [3.8, 4) is 0 Å². The van der Waals surface area contributed by atoms with Gasteiger partial charge >= 0.3 is 0 Å². The van der Waals surface area contributed by atoms with E-state index in [1.54, 1.807) is 23.9 Å². The van der Waals surface area contributed by atoms with Gasteiger partial charge in [-0.3, -0.25) is 19.3 Å². The quantitative estimate of drug-likeness (QED) is 0.257. The highest BCUT2D eigenvalue weighted by Gasteiger charge is 2.22. The Kier molecular flexibility index (Phi) is 16.3. The van der Waals surface area contributed by atoms with Crippen molar-refractivity contribution in [2.45, 2.75) is 101 Å². The molecule has 1 aliphatic heterocycles. The van der Waals surface area contributed by atoms with Gasteiger partial charge in [-0.2, -0.15) is 0 Å². The number of hydrogen-bond acceptors (Lipinski definition) is 6. The van der Waals surface area contributed by atoms with Gasteiger partial charge in [-0.15, -0.1) is 0 Å². The first-order valence-electron chi connectivity index (χ1n) is 15.3. The Morgan fingerprint density at radius 1 is 1.10 bits per heavy atom. The van der Waals surface area contributed by atoms with Crippen LogP contribution in [0.1, 0.15) is 109 Å². The third kappa shape index (κ3) is 10.1. The van der Waals surface area contributed by atoms with Crippen LogP contribution in [0.3, 0.4) is 0 Å². The number of pyridine rings is 1. The summed E-state index contributed by atoms with van der Waals surface area (Å²) in [6.07, 6.45) is 13.0. The van der Waals surface area contributed by atoms with Crippen LogP contribution in [-0.4, -0.2) is 38.7 Å². The second kappa shape index (κ2) is 18.8. The van der Waals surface area contributed by atoms with E-state index in [1.165, 1.54) is 24.1 Å². The fraction of sp³-hybridized carbons (Fsp3) is 0.529. The van der Waals surface area contributed by atoms with E-state index in [9.17, 15) is 4.79 Å². The van der Waals surface area contributed by atoms with Gasteiger partial charge in [-0.25, -0.2) is 4.98 Å². The summed E-state index contributed by atoms with van der Waals surface area (Å²) < 4.78 is 1.62. The van der Waals surface area contributed by atoms with E-state index in [0.29, 0.717) is 5.82 Å². The Hall–Kier alpha value is -3.48. The molecule has 0 unspecified atom stereocenters. The van der Waals surface area contributed by atoms with Crippen molar-refractivity contribution in [3.05, 3.63) is 80.6 Å². The van der Waals surface area contributed by atoms with Crippen LogP contribution in [0.2, 0.25) is 0 Å². The van der Waals surface area contributed by atoms with Crippen LogP contribution in [0.4, 0.5) is 0 Å². The SMILES string of the molecule is CC.CC/C=C(/C(C)=C(/C)c1nc(C)cc(=O)n1C)N1CCc2ncc(/C(C=NCCC)=C/N)cc2C1.CCCC. The Bertz CT molecular complexity index is 1280. The van der Waals surface area contributed by atoms with Gasteiger partial charge in [-0.05, 0) is 56.4 Å². The maximum absolute atomic E-state index is 12.4. The average Bonchev–Trinajstić information content (AvgIpc) is 2.99. The maximum Gasteiger partial charge on any atom is 0.253 e. The predicted octanol–water partition coefficient (Wildman–Crippen LogP) is 7.24. The standard InChI is InChI=1S/C28H38N6O.C4H10.C2H6/c1-7-9-26(20(4)21(5)28-32-19(3)13-27(35)33(28)6)34-12-10-25-23(18-34)14-22(17-31-25)24(15-29)16-30-11-8-2;1-3-4-2;1-2/h9,13-17H,7-8,10-12,18,29H2,1-6H3;3-4H2,1-2H3;1-2H3/b21-20-,24-15+,26-9-,30-16?;;. The summed E-state index contributed by atoms with van der Waals surface area (Å²) in [5.41, 5.74) is 14.1. The fourth-order valence-corrected chi connectivity index (χ4v) is 4.36. The van der Waals surface area contributed by atoms with E-state index in [0.717, 1.165) is 72.6 Å². The summed E-state index contributed by atoms with van der Waals surface area (Å²) in [6, 6.07) is 3.75. The third-order valence-electron chi connectivity index (χ3n) is 6.92. The third-order valence-corrected chi connectivity index (χ3v) is 6.92. The van der Waals surface area contributed by atoms with E-state index in [2.05, 4.69) is 61.6 Å². The molecule has 3 rings (SSSR count). The number of aliphatic imine (C=N–C) groups is 1. The van der Waals surface area contributed by atoms with Gasteiger partial charge in [0, 0.05) is 86.0 Å². The lowest BCUT2D eigenvalue weighted by molar-refractivity contribution is 0.324. The Morgan fingerprint density at radius 3 is 2.37 bits per heavy atom. The molecular formula is C34H54N6O. The molecule has 1 aliphatic rings. The lowest BCUT2D eigenvalue weighted by atomic mass is 9.98. The van der Waals surface area contributed by atoms with Gasteiger partial charge < -0.3 is 10.6 Å². The molecule has 3 heterocycles. The normalized spacial score (nSPS) is 14.0. The minimum Gasteiger partial charge on any atom is -0.404 e. The lowest BCUT2D eigenvalue weighted by Gasteiger charge is -2.33. The number of aromatic nitrogens is 3. The van der Waals surface area contributed by atoms with Gasteiger partial charge in [0.25, 0.3) is 5.56 Å². The highest BCUT2D eigenvalue weighted by molar-refractivity contribution is 6.09. The lowest BCUT2D eigenvalue weighted by Crippen LogP contribution is -2.31. The molecule has 41 heavy (non-hydrogen) atoms. The zero-order chi connectivity index (χ0) is 30.9. The molecule has 0 fully saturated rings. The number of fused-ring (bicyclic) bond motifs is 1. The highest BCUT2D eigenvalue weighted by Crippen LogP contribution is 2.29. The molecule has 0 saturated heterocycles. The van der Waals surface area contributed by atoms with Crippen LogP contribution < -0.4 is 11.3 Å². The molecule has 0 aromatic carbocycles. The molecule has 0 aliphatic carbocycles. The summed E-state index contributed by atoms with van der Waals surface area (Å²) >= 11 is 0. The number of unbranched alkanes of at least 4 members (excludes halogenated alkanes) is 1. The molecular weight excluding hydrogens is 508 g/mol. The first-order chi connectivity index (χ1) is 19.7. The minimum atomic E-state index is -0.0441. The van der Waals surface area contributed by atoms with Crippen LogP contribution >= 0.6 is 0 Å². The summed E-state index contributed by atoms with van der Waals surface area (Å²) in [4.78, 5) is 28.6. The second-order valence-corrected chi connectivity index (χ2v) is 10.0. The number of aryl methyl sites for hydroxylation is 1. The number of hydrogen-bond donors (Lipinski definition) is 1. The topological polar surface area (TPSA) is 89.4 Å². The molecule has 2 N–H and O–H groups in total. The van der Waals surface area contributed by atoms with Crippen molar-refractivity contribution in [2.75, 3.05) is 13.1 Å². The van der Waals surface area contributed by atoms with Gasteiger partial charge in [-0.1, -0.05) is 60.5 Å². The van der Waals surface area contributed by atoms with E-state index >= 15 is 0 Å². The van der Waals surface area contributed by atoms with E-state index < -0.39 is 0 Å². The van der Waals surface area contributed by atoms with Gasteiger partial charge in [0.1, 0.15) is 5.82 Å². The van der Waals surface area contributed by atoms with Crippen LogP contribution in [-0.2, 0) is 20.0 Å². The van der Waals surface area contributed by atoms with Crippen LogP contribution in [0.25, 0.3) is 11.1 Å². The largest absolute Gasteiger partial charge is 0.404 e. The molecule has 7 nitrogen and oxygen atoms in total. The summed E-state index contributed by atoms with van der Waals surface area (Å²) in [5, 5.41) is 0. The monoisotopic (exact) mass is 562 g/mol. The number of nitrogens with two attached hydrogens (primary N) is 1. The molecule has 0 spiro atoms. The van der Waals surface area contributed by atoms with E-state index in [1.807, 2.05) is 40.1 Å². The van der Waals surface area contributed by atoms with Crippen molar-refractivity contribution in [2.24, 2.45) is 17.8 Å². The molecule has 0 radical (unpaired) electrons. The average molecular weight is 563 g/mol. The number of rotatable bonds is 9.